The van der Waals surface area contributed by atoms with Crippen LogP contribution in [0.2, 0.25) is 0 Å². The van der Waals surface area contributed by atoms with E-state index in [-0.39, 0.29) is 10.6 Å². The van der Waals surface area contributed by atoms with E-state index >= 15 is 0 Å². The Morgan fingerprint density at radius 1 is 0.943 bits per heavy atom. The Hall–Kier alpha value is -4.17. The number of nitrogens with zero attached hydrogens (tertiary/aromatic N) is 2. The molecule has 1 N–H and O–H groups in total. The van der Waals surface area contributed by atoms with Crippen LogP contribution in [0.25, 0.3) is 16.9 Å². The van der Waals surface area contributed by atoms with Gasteiger partial charge in [-0.25, -0.2) is 9.37 Å². The molecule has 0 saturated heterocycles. The fourth-order valence-electron chi connectivity index (χ4n) is 3.77. The first-order valence-corrected chi connectivity index (χ1v) is 12.4. The zero-order chi connectivity index (χ0) is 24.4. The van der Waals surface area contributed by atoms with E-state index < -0.39 is 15.9 Å². The molecule has 5 aromatic rings. The van der Waals surface area contributed by atoms with Crippen molar-refractivity contribution < 1.29 is 17.0 Å². The van der Waals surface area contributed by atoms with Crippen LogP contribution >= 0.6 is 0 Å². The third-order valence-electron chi connectivity index (χ3n) is 5.50. The molecule has 8 heteroatoms. The van der Waals surface area contributed by atoms with Gasteiger partial charge >= 0.3 is 10.1 Å². The molecule has 5 rings (SSSR count). The smallest absolute Gasteiger partial charge is 0.339 e. The SMILES string of the molecule is Cc1ccn2c(NCc3ccccc3)c(-c3cccc(OS(=O)(=O)c4ccc(F)cc4)c3)nc2c1. The lowest BCUT2D eigenvalue weighted by Gasteiger charge is -2.11. The highest BCUT2D eigenvalue weighted by Gasteiger charge is 2.19. The van der Waals surface area contributed by atoms with Crippen molar-refractivity contribution in [2.75, 3.05) is 5.32 Å². The predicted molar refractivity (Wildman–Crippen MR) is 133 cm³/mol. The lowest BCUT2D eigenvalue weighted by molar-refractivity contribution is 0.486. The second-order valence-electron chi connectivity index (χ2n) is 8.10. The molecule has 2 heterocycles. The Bertz CT molecular complexity index is 1600. The largest absolute Gasteiger partial charge is 0.379 e. The molecule has 6 nitrogen and oxygen atoms in total. The van der Waals surface area contributed by atoms with E-state index in [4.69, 9.17) is 9.17 Å². The van der Waals surface area contributed by atoms with Gasteiger partial charge in [0.15, 0.2) is 0 Å². The lowest BCUT2D eigenvalue weighted by atomic mass is 10.1. The quantitative estimate of drug-likeness (QED) is 0.293. The van der Waals surface area contributed by atoms with Crippen molar-refractivity contribution in [2.45, 2.75) is 18.4 Å². The number of pyridine rings is 1. The van der Waals surface area contributed by atoms with Crippen LogP contribution in [0, 0.1) is 12.7 Å². The van der Waals surface area contributed by atoms with Crippen molar-refractivity contribution in [1.82, 2.24) is 9.38 Å². The van der Waals surface area contributed by atoms with Gasteiger partial charge in [-0.15, -0.1) is 0 Å². The number of fused-ring (bicyclic) bond motifs is 1. The molecule has 0 aliphatic carbocycles. The number of aromatic nitrogens is 2. The van der Waals surface area contributed by atoms with Gasteiger partial charge in [0.25, 0.3) is 0 Å². The Morgan fingerprint density at radius 3 is 2.49 bits per heavy atom. The Balaban J connectivity index is 1.51. The van der Waals surface area contributed by atoms with Gasteiger partial charge in [-0.3, -0.25) is 4.40 Å². The van der Waals surface area contributed by atoms with Gasteiger partial charge in [0.2, 0.25) is 0 Å². The van der Waals surface area contributed by atoms with Gasteiger partial charge in [-0.1, -0.05) is 42.5 Å². The van der Waals surface area contributed by atoms with E-state index in [1.54, 1.807) is 18.2 Å². The molecule has 0 aliphatic rings. The van der Waals surface area contributed by atoms with Gasteiger partial charge in [0.1, 0.15) is 33.6 Å². The minimum atomic E-state index is -4.12. The number of hydrogen-bond acceptors (Lipinski definition) is 5. The van der Waals surface area contributed by atoms with Crippen molar-refractivity contribution in [3.63, 3.8) is 0 Å². The molecular formula is C27H22FN3O3S. The fourth-order valence-corrected chi connectivity index (χ4v) is 4.69. The van der Waals surface area contributed by atoms with Crippen LogP contribution in [0.5, 0.6) is 5.75 Å². The van der Waals surface area contributed by atoms with Crippen LogP contribution in [0.1, 0.15) is 11.1 Å². The molecule has 0 atom stereocenters. The van der Waals surface area contributed by atoms with Crippen molar-refractivity contribution in [2.24, 2.45) is 0 Å². The highest BCUT2D eigenvalue weighted by Crippen LogP contribution is 2.32. The number of anilines is 1. The Labute approximate surface area is 202 Å². The number of benzene rings is 3. The number of nitrogens with one attached hydrogen (secondary N) is 1. The summed E-state index contributed by atoms with van der Waals surface area (Å²) in [6, 6.07) is 25.2. The number of aryl methyl sites for hydroxylation is 1. The fraction of sp³-hybridized carbons (Fsp3) is 0.0741. The molecule has 176 valence electrons. The third kappa shape index (κ3) is 4.88. The number of hydrogen-bond donors (Lipinski definition) is 1. The first kappa shape index (κ1) is 22.6. The van der Waals surface area contributed by atoms with Gasteiger partial charge in [-0.2, -0.15) is 8.42 Å². The van der Waals surface area contributed by atoms with Crippen molar-refractivity contribution in [3.8, 4) is 17.0 Å². The van der Waals surface area contributed by atoms with Crippen LogP contribution in [0.15, 0.2) is 102 Å². The van der Waals surface area contributed by atoms with Crippen LogP contribution in [0.4, 0.5) is 10.2 Å². The minimum absolute atomic E-state index is 0.127. The molecule has 35 heavy (non-hydrogen) atoms. The highest BCUT2D eigenvalue weighted by atomic mass is 32.2. The first-order valence-electron chi connectivity index (χ1n) is 11.0. The van der Waals surface area contributed by atoms with Crippen LogP contribution in [-0.2, 0) is 16.7 Å². The van der Waals surface area contributed by atoms with Gasteiger partial charge in [0, 0.05) is 18.3 Å². The van der Waals surface area contributed by atoms with Gasteiger partial charge in [-0.05, 0) is 66.6 Å². The molecule has 0 saturated carbocycles. The Morgan fingerprint density at radius 2 is 1.71 bits per heavy atom. The standard InChI is InChI=1S/C27H22FN3O3S/c1-19-14-15-31-25(16-19)30-26(27(31)29-18-20-6-3-2-4-7-20)21-8-5-9-23(17-21)34-35(32,33)24-12-10-22(28)11-13-24/h2-17,29H,18H2,1H3. The first-order chi connectivity index (χ1) is 16.9. The normalized spacial score (nSPS) is 11.5. The molecule has 0 bridgehead atoms. The molecule has 0 spiro atoms. The van der Waals surface area contributed by atoms with E-state index in [2.05, 4.69) is 5.32 Å². The van der Waals surface area contributed by atoms with Gasteiger partial charge < -0.3 is 9.50 Å². The van der Waals surface area contributed by atoms with E-state index in [9.17, 15) is 12.8 Å². The summed E-state index contributed by atoms with van der Waals surface area (Å²) in [6.45, 7) is 2.59. The topological polar surface area (TPSA) is 72.7 Å². The summed E-state index contributed by atoms with van der Waals surface area (Å²) < 4.78 is 45.9. The van der Waals surface area contributed by atoms with E-state index in [0.717, 1.165) is 34.7 Å². The van der Waals surface area contributed by atoms with Crippen molar-refractivity contribution >= 4 is 21.6 Å². The molecule has 0 fully saturated rings. The summed E-state index contributed by atoms with van der Waals surface area (Å²) in [7, 11) is -4.12. The number of imidazole rings is 1. The molecule has 0 amide bonds. The summed E-state index contributed by atoms with van der Waals surface area (Å²) in [5.74, 6) is 0.389. The molecular weight excluding hydrogens is 465 g/mol. The van der Waals surface area contributed by atoms with Crippen LogP contribution in [-0.4, -0.2) is 17.8 Å². The zero-order valence-corrected chi connectivity index (χ0v) is 19.7. The van der Waals surface area contributed by atoms with E-state index in [0.29, 0.717) is 17.8 Å². The highest BCUT2D eigenvalue weighted by molar-refractivity contribution is 7.87. The molecule has 3 aromatic carbocycles. The minimum Gasteiger partial charge on any atom is -0.379 e. The van der Waals surface area contributed by atoms with E-state index in [1.165, 1.54) is 12.1 Å². The van der Waals surface area contributed by atoms with Crippen LogP contribution < -0.4 is 9.50 Å². The lowest BCUT2D eigenvalue weighted by Crippen LogP contribution is -2.09. The molecule has 0 unspecified atom stereocenters. The number of rotatable bonds is 7. The predicted octanol–water partition coefficient (Wildman–Crippen LogP) is 5.83. The monoisotopic (exact) mass is 487 g/mol. The number of halogens is 1. The van der Waals surface area contributed by atoms with Crippen molar-refractivity contribution in [3.05, 3.63) is 114 Å². The molecule has 0 aliphatic heterocycles. The van der Waals surface area contributed by atoms with E-state index in [1.807, 2.05) is 66.1 Å². The summed E-state index contributed by atoms with van der Waals surface area (Å²) in [5.41, 5.74) is 4.31. The summed E-state index contributed by atoms with van der Waals surface area (Å²) in [4.78, 5) is 4.69. The Kier molecular flexibility index (Phi) is 5.96. The van der Waals surface area contributed by atoms with Crippen LogP contribution in [0.3, 0.4) is 0 Å². The second-order valence-corrected chi connectivity index (χ2v) is 9.65. The zero-order valence-electron chi connectivity index (χ0n) is 18.9. The maximum absolute atomic E-state index is 13.2. The molecule has 0 radical (unpaired) electrons. The average molecular weight is 488 g/mol. The third-order valence-corrected chi connectivity index (χ3v) is 6.76. The summed E-state index contributed by atoms with van der Waals surface area (Å²) in [5, 5.41) is 3.48. The second kappa shape index (κ2) is 9.23. The summed E-state index contributed by atoms with van der Waals surface area (Å²) >= 11 is 0. The summed E-state index contributed by atoms with van der Waals surface area (Å²) in [6.07, 6.45) is 1.95. The average Bonchev–Trinajstić information content (AvgIpc) is 3.21. The van der Waals surface area contributed by atoms with Crippen molar-refractivity contribution in [1.29, 1.82) is 0 Å². The maximum Gasteiger partial charge on any atom is 0.339 e. The van der Waals surface area contributed by atoms with Gasteiger partial charge in [0.05, 0.1) is 0 Å². The maximum atomic E-state index is 13.2. The molecule has 2 aromatic heterocycles.